The molecule has 0 aliphatic carbocycles. The van der Waals surface area contributed by atoms with Gasteiger partial charge in [-0.25, -0.2) is 0 Å². The molecule has 0 atom stereocenters. The van der Waals surface area contributed by atoms with E-state index in [1.54, 1.807) is 0 Å². The minimum atomic E-state index is 0.0602. The van der Waals surface area contributed by atoms with E-state index in [9.17, 15) is 4.79 Å². The molecule has 0 unspecified atom stereocenters. The van der Waals surface area contributed by atoms with E-state index in [2.05, 4.69) is 59.5 Å². The zero-order valence-corrected chi connectivity index (χ0v) is 15.0. The van der Waals surface area contributed by atoms with Gasteiger partial charge in [0.2, 0.25) is 5.91 Å². The lowest BCUT2D eigenvalue weighted by molar-refractivity contribution is -0.119. The summed E-state index contributed by atoms with van der Waals surface area (Å²) in [5, 5.41) is 6.33. The minimum absolute atomic E-state index is 0.0602. The lowest BCUT2D eigenvalue weighted by atomic mass is 10.1. The molecule has 5 heteroatoms. The number of carbonyl (C=O) groups excluding carboxylic acids is 1. The smallest absolute Gasteiger partial charge is 0.239 e. The van der Waals surface area contributed by atoms with Crippen LogP contribution in [0.2, 0.25) is 0 Å². The summed E-state index contributed by atoms with van der Waals surface area (Å²) in [6, 6.07) is 6.59. The van der Waals surface area contributed by atoms with Gasteiger partial charge >= 0.3 is 0 Å². The second-order valence-electron chi connectivity index (χ2n) is 5.51. The second kappa shape index (κ2) is 9.05. The van der Waals surface area contributed by atoms with Gasteiger partial charge in [0, 0.05) is 36.3 Å². The second-order valence-corrected chi connectivity index (χ2v) is 6.43. The topological polar surface area (TPSA) is 44.4 Å². The fourth-order valence-electron chi connectivity index (χ4n) is 2.00. The van der Waals surface area contributed by atoms with Crippen LogP contribution in [-0.4, -0.2) is 32.1 Å². The summed E-state index contributed by atoms with van der Waals surface area (Å²) in [7, 11) is 1.95. The number of anilines is 1. The number of carbonyl (C=O) groups is 1. The molecular formula is C16H26BrN3O. The van der Waals surface area contributed by atoms with Crippen molar-refractivity contribution in [3.05, 3.63) is 28.2 Å². The van der Waals surface area contributed by atoms with E-state index >= 15 is 0 Å². The number of nitrogens with one attached hydrogen (secondary N) is 2. The highest BCUT2D eigenvalue weighted by Crippen LogP contribution is 2.24. The van der Waals surface area contributed by atoms with E-state index in [1.165, 1.54) is 5.56 Å². The molecule has 0 saturated carbocycles. The molecule has 0 heterocycles. The third kappa shape index (κ3) is 6.48. The van der Waals surface area contributed by atoms with Gasteiger partial charge < -0.3 is 15.5 Å². The highest BCUT2D eigenvalue weighted by molar-refractivity contribution is 9.10. The number of halogens is 1. The van der Waals surface area contributed by atoms with Gasteiger partial charge in [-0.15, -0.1) is 0 Å². The molecule has 0 aromatic heterocycles. The molecule has 4 nitrogen and oxygen atoms in total. The van der Waals surface area contributed by atoms with E-state index in [4.69, 9.17) is 0 Å². The van der Waals surface area contributed by atoms with Crippen LogP contribution >= 0.6 is 15.9 Å². The van der Waals surface area contributed by atoms with Crippen molar-refractivity contribution in [1.29, 1.82) is 0 Å². The molecule has 1 aromatic rings. The van der Waals surface area contributed by atoms with Gasteiger partial charge in [-0.1, -0.05) is 36.7 Å². The monoisotopic (exact) mass is 355 g/mol. The van der Waals surface area contributed by atoms with Crippen LogP contribution in [0.1, 0.15) is 32.8 Å². The van der Waals surface area contributed by atoms with E-state index in [-0.39, 0.29) is 5.91 Å². The van der Waals surface area contributed by atoms with Crippen molar-refractivity contribution in [2.24, 2.45) is 0 Å². The van der Waals surface area contributed by atoms with Crippen LogP contribution in [0.25, 0.3) is 0 Å². The van der Waals surface area contributed by atoms with Crippen LogP contribution in [0.3, 0.4) is 0 Å². The summed E-state index contributed by atoms with van der Waals surface area (Å²) < 4.78 is 1.05. The largest absolute Gasteiger partial charge is 0.365 e. The average molecular weight is 356 g/mol. The molecule has 118 valence electrons. The van der Waals surface area contributed by atoms with Gasteiger partial charge in [-0.2, -0.15) is 0 Å². The molecule has 0 saturated heterocycles. The molecular weight excluding hydrogens is 330 g/mol. The molecule has 0 aliphatic rings. The molecule has 0 fully saturated rings. The van der Waals surface area contributed by atoms with Crippen molar-refractivity contribution in [2.45, 2.75) is 39.8 Å². The van der Waals surface area contributed by atoms with Crippen molar-refractivity contribution in [3.8, 4) is 0 Å². The molecule has 0 aliphatic heterocycles. The normalized spacial score (nSPS) is 10.8. The van der Waals surface area contributed by atoms with Crippen molar-refractivity contribution < 1.29 is 4.79 Å². The molecule has 0 spiro atoms. The Labute approximate surface area is 136 Å². The van der Waals surface area contributed by atoms with Gasteiger partial charge in [0.25, 0.3) is 0 Å². The molecule has 1 aromatic carbocycles. The highest BCUT2D eigenvalue weighted by Gasteiger charge is 2.11. The Hall–Kier alpha value is -1.07. The maximum atomic E-state index is 11.9. The predicted molar refractivity (Wildman–Crippen MR) is 92.7 cm³/mol. The molecule has 0 radical (unpaired) electrons. The molecule has 1 rings (SSSR count). The number of benzene rings is 1. The SMILES string of the molecule is CCCNC(=O)CN(C)c1ccc(Br)cc1CNC(C)C. The third-order valence-corrected chi connectivity index (χ3v) is 3.60. The van der Waals surface area contributed by atoms with Crippen LogP contribution in [0, 0.1) is 0 Å². The quantitative estimate of drug-likeness (QED) is 0.753. The van der Waals surface area contributed by atoms with E-state index in [0.717, 1.165) is 29.7 Å². The van der Waals surface area contributed by atoms with Crippen molar-refractivity contribution in [3.63, 3.8) is 0 Å². The Morgan fingerprint density at radius 2 is 2.10 bits per heavy atom. The molecule has 1 amide bonds. The van der Waals surface area contributed by atoms with Gasteiger partial charge in [-0.3, -0.25) is 4.79 Å². The van der Waals surface area contributed by atoms with Crippen molar-refractivity contribution in [1.82, 2.24) is 10.6 Å². The standard InChI is InChI=1S/C16H26BrN3O/c1-5-8-18-16(21)11-20(4)15-7-6-14(17)9-13(15)10-19-12(2)3/h6-7,9,12,19H,5,8,10-11H2,1-4H3,(H,18,21). The molecule has 0 bridgehead atoms. The number of likely N-dealkylation sites (N-methyl/N-ethyl adjacent to an activating group) is 1. The fourth-order valence-corrected chi connectivity index (χ4v) is 2.41. The first-order chi connectivity index (χ1) is 9.93. The zero-order valence-electron chi connectivity index (χ0n) is 13.4. The van der Waals surface area contributed by atoms with E-state index < -0.39 is 0 Å². The minimum Gasteiger partial charge on any atom is -0.365 e. The highest BCUT2D eigenvalue weighted by atomic mass is 79.9. The Morgan fingerprint density at radius 3 is 2.71 bits per heavy atom. The van der Waals surface area contributed by atoms with Gasteiger partial charge in [0.1, 0.15) is 0 Å². The zero-order chi connectivity index (χ0) is 15.8. The Bertz CT molecular complexity index is 463. The van der Waals surface area contributed by atoms with Crippen LogP contribution in [0.15, 0.2) is 22.7 Å². The summed E-state index contributed by atoms with van der Waals surface area (Å²) in [6.45, 7) is 8.19. The molecule has 21 heavy (non-hydrogen) atoms. The number of amides is 1. The lowest BCUT2D eigenvalue weighted by Crippen LogP contribution is -2.36. The van der Waals surface area contributed by atoms with Gasteiger partial charge in [-0.05, 0) is 30.2 Å². The third-order valence-electron chi connectivity index (χ3n) is 3.11. The summed E-state index contributed by atoms with van der Waals surface area (Å²) in [5.41, 5.74) is 2.27. The van der Waals surface area contributed by atoms with Crippen molar-refractivity contribution >= 4 is 27.5 Å². The number of hydrogen-bond donors (Lipinski definition) is 2. The lowest BCUT2D eigenvalue weighted by Gasteiger charge is -2.23. The van der Waals surface area contributed by atoms with Gasteiger partial charge in [0.05, 0.1) is 6.54 Å². The number of nitrogens with zero attached hydrogens (tertiary/aromatic N) is 1. The fraction of sp³-hybridized carbons (Fsp3) is 0.562. The Balaban J connectivity index is 2.77. The molecule has 2 N–H and O–H groups in total. The first kappa shape index (κ1) is 18.0. The van der Waals surface area contributed by atoms with Crippen LogP contribution in [0.5, 0.6) is 0 Å². The van der Waals surface area contributed by atoms with E-state index in [0.29, 0.717) is 12.6 Å². The summed E-state index contributed by atoms with van der Waals surface area (Å²) in [6.07, 6.45) is 0.956. The Kier molecular flexibility index (Phi) is 7.75. The summed E-state index contributed by atoms with van der Waals surface area (Å²) in [4.78, 5) is 13.8. The van der Waals surface area contributed by atoms with Crippen molar-refractivity contribution in [2.75, 3.05) is 25.0 Å². The van der Waals surface area contributed by atoms with E-state index in [1.807, 2.05) is 18.0 Å². The van der Waals surface area contributed by atoms with Gasteiger partial charge in [0.15, 0.2) is 0 Å². The average Bonchev–Trinajstić information content (AvgIpc) is 2.42. The maximum absolute atomic E-state index is 11.9. The van der Waals surface area contributed by atoms with Crippen LogP contribution in [-0.2, 0) is 11.3 Å². The van der Waals surface area contributed by atoms with Crippen LogP contribution < -0.4 is 15.5 Å². The first-order valence-corrected chi connectivity index (χ1v) is 8.23. The predicted octanol–water partition coefficient (Wildman–Crippen LogP) is 2.91. The summed E-state index contributed by atoms with van der Waals surface area (Å²) >= 11 is 3.51. The summed E-state index contributed by atoms with van der Waals surface area (Å²) in [5.74, 6) is 0.0602. The number of hydrogen-bond acceptors (Lipinski definition) is 3. The number of rotatable bonds is 8. The van der Waals surface area contributed by atoms with Crippen LogP contribution in [0.4, 0.5) is 5.69 Å². The Morgan fingerprint density at radius 1 is 1.38 bits per heavy atom. The first-order valence-electron chi connectivity index (χ1n) is 7.43. The maximum Gasteiger partial charge on any atom is 0.239 e.